The van der Waals surface area contributed by atoms with Gasteiger partial charge in [-0.2, -0.15) is 9.97 Å². The summed E-state index contributed by atoms with van der Waals surface area (Å²) in [6.07, 6.45) is 2.66. The number of nitrogens with one attached hydrogen (secondary N) is 2. The minimum absolute atomic E-state index is 0.0252. The Balaban J connectivity index is 1.30. The lowest BCUT2D eigenvalue weighted by Crippen LogP contribution is -2.42. The second-order valence-corrected chi connectivity index (χ2v) is 9.61. The lowest BCUT2D eigenvalue weighted by molar-refractivity contribution is 0.174. The quantitative estimate of drug-likeness (QED) is 0.375. The highest BCUT2D eigenvalue weighted by Crippen LogP contribution is 2.33. The third kappa shape index (κ3) is 5.38. The van der Waals surface area contributed by atoms with Crippen LogP contribution >= 0.6 is 0 Å². The number of amides is 2. The first-order valence-electron chi connectivity index (χ1n) is 13.3. The molecule has 4 aromatic rings. The second kappa shape index (κ2) is 11.1. The zero-order chi connectivity index (χ0) is 26.6. The summed E-state index contributed by atoms with van der Waals surface area (Å²) in [5.74, 6) is 2.80. The fraction of sp³-hybridized carbons (Fsp3) is 0.357. The Morgan fingerprint density at radius 1 is 0.974 bits per heavy atom. The van der Waals surface area contributed by atoms with Crippen molar-refractivity contribution in [1.29, 1.82) is 0 Å². The van der Waals surface area contributed by atoms with Crippen molar-refractivity contribution < 1.29 is 14.3 Å². The molecule has 2 aliphatic heterocycles. The smallest absolute Gasteiger partial charge is 0.317 e. The highest BCUT2D eigenvalue weighted by molar-refractivity contribution is 5.84. The predicted octanol–water partition coefficient (Wildman–Crippen LogP) is 3.46. The number of aromatic nitrogens is 4. The fourth-order valence-electron chi connectivity index (χ4n) is 4.91. The monoisotopic (exact) mass is 528 g/mol. The van der Waals surface area contributed by atoms with E-state index >= 15 is 0 Å². The van der Waals surface area contributed by atoms with E-state index < -0.39 is 0 Å². The first-order chi connectivity index (χ1) is 19.2. The number of ether oxygens (including phenoxy) is 2. The van der Waals surface area contributed by atoms with Gasteiger partial charge in [0.15, 0.2) is 28.5 Å². The summed E-state index contributed by atoms with van der Waals surface area (Å²) in [5, 5.41) is 6.39. The number of fused-ring (bicyclic) bond motifs is 2. The minimum atomic E-state index is -0.0252. The van der Waals surface area contributed by atoms with E-state index in [1.807, 2.05) is 54.5 Å². The van der Waals surface area contributed by atoms with Crippen LogP contribution in [0.25, 0.3) is 11.2 Å². The van der Waals surface area contributed by atoms with Gasteiger partial charge in [-0.1, -0.05) is 36.4 Å². The van der Waals surface area contributed by atoms with Gasteiger partial charge in [0.1, 0.15) is 0 Å². The third-order valence-corrected chi connectivity index (χ3v) is 6.94. The van der Waals surface area contributed by atoms with Gasteiger partial charge >= 0.3 is 6.03 Å². The maximum Gasteiger partial charge on any atom is 0.317 e. The van der Waals surface area contributed by atoms with Gasteiger partial charge in [-0.25, -0.2) is 9.78 Å². The summed E-state index contributed by atoms with van der Waals surface area (Å²) in [5.41, 5.74) is 3.69. The molecule has 1 fully saturated rings. The highest BCUT2D eigenvalue weighted by atomic mass is 16.7. The standard InChI is InChI=1S/C28H32N8O3/c1-2-29-28(37)35-12-6-11-34(13-14-35)27-32-25(30-16-21-9-10-22-23(15-21)39-19-38-22)24-26(33-27)36(18-31-24)17-20-7-4-3-5-8-20/h3-5,7-10,15,18H,2,6,11-14,16-17,19H2,1H3,(H,29,37)(H,30,32,33). The molecule has 2 amide bonds. The lowest BCUT2D eigenvalue weighted by Gasteiger charge is -2.23. The number of carbonyl (C=O) groups is 1. The summed E-state index contributed by atoms with van der Waals surface area (Å²) >= 11 is 0. The first kappa shape index (κ1) is 24.8. The Kier molecular flexibility index (Phi) is 7.03. The predicted molar refractivity (Wildman–Crippen MR) is 148 cm³/mol. The Morgan fingerprint density at radius 3 is 2.72 bits per heavy atom. The van der Waals surface area contributed by atoms with E-state index in [0.29, 0.717) is 56.6 Å². The van der Waals surface area contributed by atoms with Crippen molar-refractivity contribution in [3.63, 3.8) is 0 Å². The van der Waals surface area contributed by atoms with Gasteiger partial charge < -0.3 is 34.5 Å². The number of anilines is 2. The molecule has 2 aliphatic rings. The molecule has 0 bridgehead atoms. The van der Waals surface area contributed by atoms with Crippen molar-refractivity contribution in [1.82, 2.24) is 29.7 Å². The number of carbonyl (C=O) groups excluding carboxylic acids is 1. The molecule has 6 rings (SSSR count). The molecular weight excluding hydrogens is 496 g/mol. The van der Waals surface area contributed by atoms with Gasteiger partial charge in [-0.05, 0) is 36.6 Å². The van der Waals surface area contributed by atoms with Crippen LogP contribution in [0.1, 0.15) is 24.5 Å². The van der Waals surface area contributed by atoms with Crippen LogP contribution in [0.2, 0.25) is 0 Å². The first-order valence-corrected chi connectivity index (χ1v) is 13.3. The molecule has 4 heterocycles. The fourth-order valence-corrected chi connectivity index (χ4v) is 4.91. The molecular formula is C28H32N8O3. The van der Waals surface area contributed by atoms with Crippen molar-refractivity contribution in [2.45, 2.75) is 26.4 Å². The van der Waals surface area contributed by atoms with E-state index in [1.165, 1.54) is 5.56 Å². The molecule has 0 radical (unpaired) electrons. The van der Waals surface area contributed by atoms with E-state index in [1.54, 1.807) is 0 Å². The molecule has 1 saturated heterocycles. The largest absolute Gasteiger partial charge is 0.454 e. The number of hydrogen-bond donors (Lipinski definition) is 2. The van der Waals surface area contributed by atoms with Crippen LogP contribution in [0.3, 0.4) is 0 Å². The molecule has 2 aromatic heterocycles. The molecule has 0 spiro atoms. The SMILES string of the molecule is CCNC(=O)N1CCCN(c2nc(NCc3ccc4c(c3)OCO4)c3ncn(Cc4ccccc4)c3n2)CC1. The third-order valence-electron chi connectivity index (χ3n) is 6.94. The molecule has 0 unspecified atom stereocenters. The number of benzene rings is 2. The van der Waals surface area contributed by atoms with E-state index in [4.69, 9.17) is 24.4 Å². The van der Waals surface area contributed by atoms with Crippen LogP contribution in [0.5, 0.6) is 11.5 Å². The van der Waals surface area contributed by atoms with Crippen LogP contribution in [-0.4, -0.2) is 70.0 Å². The van der Waals surface area contributed by atoms with Crippen molar-refractivity contribution in [3.05, 3.63) is 66.0 Å². The van der Waals surface area contributed by atoms with Gasteiger partial charge in [-0.15, -0.1) is 0 Å². The number of urea groups is 1. The summed E-state index contributed by atoms with van der Waals surface area (Å²) in [4.78, 5) is 31.1. The van der Waals surface area contributed by atoms with Crippen LogP contribution < -0.4 is 25.0 Å². The van der Waals surface area contributed by atoms with Crippen LogP contribution in [-0.2, 0) is 13.1 Å². The van der Waals surface area contributed by atoms with Crippen molar-refractivity contribution in [2.75, 3.05) is 49.7 Å². The van der Waals surface area contributed by atoms with Crippen molar-refractivity contribution in [3.8, 4) is 11.5 Å². The normalized spacial score (nSPS) is 14.9. The minimum Gasteiger partial charge on any atom is -0.454 e. The Hall–Kier alpha value is -4.54. The van der Waals surface area contributed by atoms with Crippen LogP contribution in [0.4, 0.5) is 16.6 Å². The van der Waals surface area contributed by atoms with E-state index in [0.717, 1.165) is 35.7 Å². The molecule has 0 atom stereocenters. The topological polar surface area (TPSA) is 110 Å². The van der Waals surface area contributed by atoms with Crippen LogP contribution in [0, 0.1) is 0 Å². The maximum absolute atomic E-state index is 12.4. The molecule has 2 N–H and O–H groups in total. The molecule has 2 aromatic carbocycles. The van der Waals surface area contributed by atoms with Gasteiger partial charge in [0.25, 0.3) is 0 Å². The van der Waals surface area contributed by atoms with Gasteiger partial charge in [0.2, 0.25) is 12.7 Å². The molecule has 39 heavy (non-hydrogen) atoms. The van der Waals surface area contributed by atoms with Crippen molar-refractivity contribution in [2.24, 2.45) is 0 Å². The Bertz CT molecular complexity index is 1460. The molecule has 0 aliphatic carbocycles. The highest BCUT2D eigenvalue weighted by Gasteiger charge is 2.23. The number of rotatable bonds is 7. The maximum atomic E-state index is 12.4. The van der Waals surface area contributed by atoms with Gasteiger partial charge in [-0.3, -0.25) is 0 Å². The second-order valence-electron chi connectivity index (χ2n) is 9.61. The van der Waals surface area contributed by atoms with Crippen molar-refractivity contribution >= 4 is 29.0 Å². The average Bonchev–Trinajstić information content (AvgIpc) is 3.51. The Morgan fingerprint density at radius 2 is 1.85 bits per heavy atom. The Labute approximate surface area is 226 Å². The average molecular weight is 529 g/mol. The number of imidazole rings is 1. The molecule has 202 valence electrons. The van der Waals surface area contributed by atoms with E-state index in [9.17, 15) is 4.79 Å². The number of nitrogens with zero attached hydrogens (tertiary/aromatic N) is 6. The molecule has 11 heteroatoms. The van der Waals surface area contributed by atoms with E-state index in [-0.39, 0.29) is 12.8 Å². The molecule has 0 saturated carbocycles. The summed E-state index contributed by atoms with van der Waals surface area (Å²) in [7, 11) is 0. The van der Waals surface area contributed by atoms with Gasteiger partial charge in [0.05, 0.1) is 12.9 Å². The zero-order valence-electron chi connectivity index (χ0n) is 22.0. The zero-order valence-corrected chi connectivity index (χ0v) is 22.0. The lowest BCUT2D eigenvalue weighted by atomic mass is 10.2. The number of hydrogen-bond acceptors (Lipinski definition) is 8. The summed E-state index contributed by atoms with van der Waals surface area (Å²) < 4.78 is 13.0. The van der Waals surface area contributed by atoms with Gasteiger partial charge in [0, 0.05) is 39.3 Å². The summed E-state index contributed by atoms with van der Waals surface area (Å²) in [6, 6.07) is 16.2. The molecule has 11 nitrogen and oxygen atoms in total. The summed E-state index contributed by atoms with van der Waals surface area (Å²) in [6.45, 7) is 6.70. The van der Waals surface area contributed by atoms with Crippen LogP contribution in [0.15, 0.2) is 54.9 Å². The van der Waals surface area contributed by atoms with E-state index in [2.05, 4.69) is 32.2 Å².